The Kier molecular flexibility index (Phi) is 4.38. The lowest BCUT2D eigenvalue weighted by Gasteiger charge is -2.33. The molecule has 152 valence electrons. The van der Waals surface area contributed by atoms with Crippen molar-refractivity contribution in [2.24, 2.45) is 5.92 Å². The number of aromatic nitrogens is 4. The molecule has 0 bridgehead atoms. The topological polar surface area (TPSA) is 92.7 Å². The first-order valence-electron chi connectivity index (χ1n) is 10.2. The summed E-state index contributed by atoms with van der Waals surface area (Å²) in [6.45, 7) is 4.18. The van der Waals surface area contributed by atoms with E-state index in [1.54, 1.807) is 23.0 Å². The third-order valence-electron chi connectivity index (χ3n) is 5.77. The zero-order chi connectivity index (χ0) is 20.8. The number of aromatic amines is 1. The number of para-hydroxylation sites is 1. The van der Waals surface area contributed by atoms with Gasteiger partial charge in [0, 0.05) is 29.7 Å². The molecule has 0 saturated carbocycles. The van der Waals surface area contributed by atoms with Crippen LogP contribution in [0.3, 0.4) is 0 Å². The molecule has 0 spiro atoms. The summed E-state index contributed by atoms with van der Waals surface area (Å²) in [5, 5.41) is 4.65. The van der Waals surface area contributed by atoms with E-state index in [1.165, 1.54) is 0 Å². The van der Waals surface area contributed by atoms with Gasteiger partial charge in [-0.25, -0.2) is 4.98 Å². The van der Waals surface area contributed by atoms with E-state index < -0.39 is 6.04 Å². The van der Waals surface area contributed by atoms with Crippen LogP contribution in [0.5, 0.6) is 0 Å². The van der Waals surface area contributed by atoms with Crippen molar-refractivity contribution >= 4 is 27.7 Å². The highest BCUT2D eigenvalue weighted by Gasteiger charge is 2.36. The van der Waals surface area contributed by atoms with Gasteiger partial charge >= 0.3 is 0 Å². The normalized spacial score (nSPS) is 18.7. The van der Waals surface area contributed by atoms with Gasteiger partial charge in [-0.15, -0.1) is 0 Å². The van der Waals surface area contributed by atoms with Crippen molar-refractivity contribution in [3.63, 3.8) is 0 Å². The summed E-state index contributed by atoms with van der Waals surface area (Å²) in [6.07, 6.45) is 6.23. The molecule has 4 aromatic rings. The lowest BCUT2D eigenvalue weighted by molar-refractivity contribution is -0.126. The summed E-state index contributed by atoms with van der Waals surface area (Å²) in [5.41, 5.74) is 2.38. The van der Waals surface area contributed by atoms with Gasteiger partial charge < -0.3 is 10.3 Å². The van der Waals surface area contributed by atoms with Crippen LogP contribution in [-0.2, 0) is 11.2 Å². The number of hydrogen-bond donors (Lipinski definition) is 2. The predicted molar refractivity (Wildman–Crippen MR) is 115 cm³/mol. The van der Waals surface area contributed by atoms with Crippen LogP contribution in [0.1, 0.15) is 43.7 Å². The fourth-order valence-electron chi connectivity index (χ4n) is 4.39. The molecule has 1 aliphatic heterocycles. The number of hydrogen-bond acceptors (Lipinski definition) is 4. The molecule has 1 aromatic carbocycles. The highest BCUT2D eigenvalue weighted by atomic mass is 16.2. The Balaban J connectivity index is 1.68. The number of fused-ring (bicyclic) bond motifs is 3. The van der Waals surface area contributed by atoms with Crippen LogP contribution in [0.25, 0.3) is 21.8 Å². The highest BCUT2D eigenvalue weighted by molar-refractivity contribution is 5.87. The maximum atomic E-state index is 13.5. The van der Waals surface area contributed by atoms with Gasteiger partial charge in [0.25, 0.3) is 5.56 Å². The van der Waals surface area contributed by atoms with Gasteiger partial charge in [-0.3, -0.25) is 19.1 Å². The van der Waals surface area contributed by atoms with Gasteiger partial charge in [-0.2, -0.15) is 0 Å². The van der Waals surface area contributed by atoms with Crippen molar-refractivity contribution in [1.29, 1.82) is 0 Å². The monoisotopic (exact) mass is 401 g/mol. The van der Waals surface area contributed by atoms with Crippen LogP contribution in [0, 0.1) is 5.92 Å². The molecule has 0 saturated heterocycles. The molecule has 0 radical (unpaired) electrons. The first kappa shape index (κ1) is 18.5. The minimum atomic E-state index is -0.653. The summed E-state index contributed by atoms with van der Waals surface area (Å²) < 4.78 is 1.61. The fourth-order valence-corrected chi connectivity index (χ4v) is 4.39. The summed E-state index contributed by atoms with van der Waals surface area (Å²) in [5.74, 6) is 0.810. The molecule has 1 unspecified atom stereocenters. The van der Waals surface area contributed by atoms with E-state index in [1.807, 2.05) is 30.5 Å². The molecule has 2 N–H and O–H groups in total. The Bertz CT molecular complexity index is 1320. The number of carbonyl (C=O) groups excluding carboxylic acids is 1. The molecule has 5 rings (SSSR count). The van der Waals surface area contributed by atoms with Crippen LogP contribution < -0.4 is 10.9 Å². The summed E-state index contributed by atoms with van der Waals surface area (Å²) >= 11 is 0. The number of nitrogens with one attached hydrogen (secondary N) is 2. The van der Waals surface area contributed by atoms with E-state index in [0.717, 1.165) is 16.5 Å². The van der Waals surface area contributed by atoms with Crippen molar-refractivity contribution in [3.05, 3.63) is 70.7 Å². The number of amides is 1. The molecule has 30 heavy (non-hydrogen) atoms. The lowest BCUT2D eigenvalue weighted by atomic mass is 9.96. The SMILES string of the molecule is CC(C)C[C@@H]1NC(=O)C(Cc2c[nH]c3ccccc23)n2c1nc1cnccc1c2=O. The first-order chi connectivity index (χ1) is 14.5. The van der Waals surface area contributed by atoms with Crippen LogP contribution in [-0.4, -0.2) is 25.4 Å². The molecule has 3 aromatic heterocycles. The number of rotatable bonds is 4. The maximum Gasteiger partial charge on any atom is 0.262 e. The van der Waals surface area contributed by atoms with Crippen molar-refractivity contribution in [3.8, 4) is 0 Å². The van der Waals surface area contributed by atoms with E-state index in [-0.39, 0.29) is 17.5 Å². The Morgan fingerprint density at radius 2 is 1.97 bits per heavy atom. The standard InChI is InChI=1S/C23H23N5O2/c1-13(2)9-18-21-26-19-12-24-8-7-16(19)23(30)28(21)20(22(29)27-18)10-14-11-25-17-6-4-3-5-15(14)17/h3-8,11-13,18,20,25H,9-10H2,1-2H3,(H,27,29)/t18-,20?/m0/s1. The fraction of sp³-hybridized carbons (Fsp3) is 0.304. The zero-order valence-corrected chi connectivity index (χ0v) is 16.9. The van der Waals surface area contributed by atoms with Crippen LogP contribution >= 0.6 is 0 Å². The molecule has 0 fully saturated rings. The Labute approximate surface area is 173 Å². The Morgan fingerprint density at radius 3 is 2.80 bits per heavy atom. The average Bonchev–Trinajstić information content (AvgIpc) is 3.14. The van der Waals surface area contributed by atoms with Crippen molar-refractivity contribution in [2.75, 3.05) is 0 Å². The molecular formula is C23H23N5O2. The number of H-pyrrole nitrogens is 1. The Hall–Kier alpha value is -3.48. The molecule has 4 heterocycles. The average molecular weight is 401 g/mol. The van der Waals surface area contributed by atoms with Gasteiger partial charge in [0.2, 0.25) is 5.91 Å². The van der Waals surface area contributed by atoms with Gasteiger partial charge in [-0.05, 0) is 30.0 Å². The highest BCUT2D eigenvalue weighted by Crippen LogP contribution is 2.30. The second-order valence-corrected chi connectivity index (χ2v) is 8.31. The summed E-state index contributed by atoms with van der Waals surface area (Å²) in [6, 6.07) is 8.69. The molecule has 1 aliphatic rings. The van der Waals surface area contributed by atoms with Crippen LogP contribution in [0.2, 0.25) is 0 Å². The minimum absolute atomic E-state index is 0.143. The van der Waals surface area contributed by atoms with Crippen molar-refractivity contribution in [2.45, 2.75) is 38.8 Å². The first-order valence-corrected chi connectivity index (χ1v) is 10.2. The van der Waals surface area contributed by atoms with Crippen molar-refractivity contribution < 1.29 is 4.79 Å². The second-order valence-electron chi connectivity index (χ2n) is 8.31. The van der Waals surface area contributed by atoms with E-state index in [0.29, 0.717) is 35.5 Å². The zero-order valence-electron chi connectivity index (χ0n) is 16.9. The third-order valence-corrected chi connectivity index (χ3v) is 5.77. The quantitative estimate of drug-likeness (QED) is 0.549. The maximum absolute atomic E-state index is 13.5. The smallest absolute Gasteiger partial charge is 0.262 e. The van der Waals surface area contributed by atoms with Crippen LogP contribution in [0.15, 0.2) is 53.7 Å². The number of pyridine rings is 1. The van der Waals surface area contributed by atoms with Crippen LogP contribution in [0.4, 0.5) is 0 Å². The Morgan fingerprint density at radius 1 is 1.13 bits per heavy atom. The largest absolute Gasteiger partial charge is 0.361 e. The predicted octanol–water partition coefficient (Wildman–Crippen LogP) is 3.27. The molecule has 7 heteroatoms. The summed E-state index contributed by atoms with van der Waals surface area (Å²) in [7, 11) is 0. The summed E-state index contributed by atoms with van der Waals surface area (Å²) in [4.78, 5) is 38.8. The number of benzene rings is 1. The molecular weight excluding hydrogens is 378 g/mol. The molecule has 0 aliphatic carbocycles. The second kappa shape index (κ2) is 7.09. The third kappa shape index (κ3) is 2.98. The number of nitrogens with zero attached hydrogens (tertiary/aromatic N) is 3. The minimum Gasteiger partial charge on any atom is -0.361 e. The number of carbonyl (C=O) groups is 1. The van der Waals surface area contributed by atoms with Gasteiger partial charge in [-0.1, -0.05) is 32.0 Å². The van der Waals surface area contributed by atoms with Gasteiger partial charge in [0.15, 0.2) is 0 Å². The molecule has 2 atom stereocenters. The van der Waals surface area contributed by atoms with Crippen molar-refractivity contribution in [1.82, 2.24) is 24.8 Å². The van der Waals surface area contributed by atoms with Gasteiger partial charge in [0.05, 0.1) is 23.1 Å². The molecule has 1 amide bonds. The molecule has 7 nitrogen and oxygen atoms in total. The van der Waals surface area contributed by atoms with E-state index >= 15 is 0 Å². The van der Waals surface area contributed by atoms with E-state index in [4.69, 9.17) is 4.98 Å². The van der Waals surface area contributed by atoms with E-state index in [2.05, 4.69) is 29.1 Å². The lowest BCUT2D eigenvalue weighted by Crippen LogP contribution is -2.48. The van der Waals surface area contributed by atoms with E-state index in [9.17, 15) is 9.59 Å². The van der Waals surface area contributed by atoms with Gasteiger partial charge in [0.1, 0.15) is 11.9 Å².